The summed E-state index contributed by atoms with van der Waals surface area (Å²) in [7, 11) is 2.14. The van der Waals surface area contributed by atoms with Gasteiger partial charge in [-0.15, -0.1) is 0 Å². The fourth-order valence-corrected chi connectivity index (χ4v) is 5.94. The van der Waals surface area contributed by atoms with Gasteiger partial charge in [-0.05, 0) is 66.3 Å². The van der Waals surface area contributed by atoms with Crippen molar-refractivity contribution in [2.24, 2.45) is 18.9 Å². The lowest BCUT2D eigenvalue weighted by Gasteiger charge is -2.34. The third-order valence-corrected chi connectivity index (χ3v) is 7.68. The molecule has 0 radical (unpaired) electrons. The van der Waals surface area contributed by atoms with Crippen molar-refractivity contribution < 1.29 is 5.94 Å². The molecule has 3 aromatic rings. The number of pyridine rings is 1. The van der Waals surface area contributed by atoms with Gasteiger partial charge in [-0.25, -0.2) is 4.57 Å². The minimum atomic E-state index is -0.435. The Labute approximate surface area is 189 Å². The molecule has 0 aliphatic heterocycles. The average Bonchev–Trinajstić information content (AvgIpc) is 2.76. The second-order valence-electron chi connectivity index (χ2n) is 9.92. The number of hydrogen-bond donors (Lipinski definition) is 0. The van der Waals surface area contributed by atoms with E-state index in [9.17, 15) is 1.37 Å². The fraction of sp³-hybridized carbons (Fsp3) is 0.433. The van der Waals surface area contributed by atoms with Gasteiger partial charge in [0.05, 0.1) is 0 Å². The van der Waals surface area contributed by atoms with Gasteiger partial charge in [0.2, 0.25) is 5.69 Å². The van der Waals surface area contributed by atoms with Crippen LogP contribution in [0, 0.1) is 18.8 Å². The topological polar surface area (TPSA) is 3.88 Å². The molecule has 160 valence electrons. The van der Waals surface area contributed by atoms with Crippen LogP contribution in [0.2, 0.25) is 0 Å². The average molecular weight is 412 g/mol. The van der Waals surface area contributed by atoms with Gasteiger partial charge in [0, 0.05) is 18.6 Å². The molecule has 0 N–H and O–H groups in total. The zero-order valence-corrected chi connectivity index (χ0v) is 19.1. The number of benzene rings is 2. The lowest BCUT2D eigenvalue weighted by Crippen LogP contribution is -2.30. The van der Waals surface area contributed by atoms with Crippen LogP contribution in [0.5, 0.6) is 0 Å². The van der Waals surface area contributed by atoms with Crippen molar-refractivity contribution >= 4 is 0 Å². The van der Waals surface area contributed by atoms with E-state index in [2.05, 4.69) is 85.4 Å². The normalized spacial score (nSPS) is 26.6. The number of nitrogens with zero attached hydrogens (tertiary/aromatic N) is 1. The van der Waals surface area contributed by atoms with E-state index in [1.165, 1.54) is 72.0 Å². The first kappa shape index (κ1) is 19.3. The first-order valence-corrected chi connectivity index (χ1v) is 12.2. The molecule has 3 aliphatic rings. The van der Waals surface area contributed by atoms with Crippen molar-refractivity contribution in [1.29, 1.82) is 0 Å². The largest absolute Gasteiger partial charge is 0.212 e. The Morgan fingerprint density at radius 1 is 0.806 bits per heavy atom. The maximum absolute atomic E-state index is 9.56. The number of fused-ring (bicyclic) bond motifs is 6. The van der Waals surface area contributed by atoms with E-state index in [0.717, 1.165) is 24.7 Å². The Hall–Kier alpha value is -2.41. The molecule has 0 amide bonds. The van der Waals surface area contributed by atoms with Crippen molar-refractivity contribution in [3.8, 4) is 22.4 Å². The minimum Gasteiger partial charge on any atom is -0.200 e. The molecule has 31 heavy (non-hydrogen) atoms. The van der Waals surface area contributed by atoms with Gasteiger partial charge in [0.1, 0.15) is 7.05 Å². The highest BCUT2D eigenvalue weighted by molar-refractivity contribution is 5.66. The van der Waals surface area contributed by atoms with Crippen molar-refractivity contribution in [3.05, 3.63) is 78.0 Å². The summed E-state index contributed by atoms with van der Waals surface area (Å²) in [5, 5.41) is 0. The highest BCUT2D eigenvalue weighted by atomic mass is 14.9. The summed E-state index contributed by atoms with van der Waals surface area (Å²) >= 11 is 0. The monoisotopic (exact) mass is 411 g/mol. The Morgan fingerprint density at radius 3 is 2.19 bits per heavy atom. The van der Waals surface area contributed by atoms with E-state index in [1.54, 1.807) is 0 Å². The quantitative estimate of drug-likeness (QED) is 0.390. The maximum Gasteiger partial charge on any atom is 0.212 e. The van der Waals surface area contributed by atoms with Gasteiger partial charge in [-0.3, -0.25) is 0 Å². The van der Waals surface area contributed by atoms with Crippen LogP contribution >= 0.6 is 0 Å². The van der Waals surface area contributed by atoms with Crippen molar-refractivity contribution in [1.82, 2.24) is 0 Å². The molecule has 3 saturated carbocycles. The van der Waals surface area contributed by atoms with E-state index < -0.39 is 5.89 Å². The van der Waals surface area contributed by atoms with Crippen LogP contribution in [0.25, 0.3) is 22.4 Å². The highest BCUT2D eigenvalue weighted by Crippen LogP contribution is 2.43. The summed E-state index contributed by atoms with van der Waals surface area (Å²) in [4.78, 5) is 0. The molecule has 1 heterocycles. The zero-order valence-electron chi connectivity index (χ0n) is 20.1. The van der Waals surface area contributed by atoms with Crippen molar-refractivity contribution in [2.75, 3.05) is 0 Å². The van der Waals surface area contributed by atoms with Gasteiger partial charge in [-0.2, -0.15) is 0 Å². The fourth-order valence-electron chi connectivity index (χ4n) is 5.94. The van der Waals surface area contributed by atoms with Crippen molar-refractivity contribution in [3.63, 3.8) is 0 Å². The minimum absolute atomic E-state index is 0.435. The Balaban J connectivity index is 1.48. The molecule has 1 heteroatoms. The molecular formula is C30H36N+. The molecule has 2 bridgehead atoms. The predicted molar refractivity (Wildman–Crippen MR) is 130 cm³/mol. The first-order valence-electron chi connectivity index (χ1n) is 12.7. The van der Waals surface area contributed by atoms with E-state index in [4.69, 9.17) is 0 Å². The summed E-state index contributed by atoms with van der Waals surface area (Å²) in [5.41, 5.74) is 7.48. The van der Waals surface area contributed by atoms with Crippen LogP contribution in [-0.4, -0.2) is 0 Å². The van der Waals surface area contributed by atoms with E-state index in [-0.39, 0.29) is 0 Å². The lowest BCUT2D eigenvalue weighted by atomic mass is 9.71. The SMILES string of the molecule is [2H]C1(c2cccc(-c3ccc(-c4ccccc4C)[n+](C)c3)c2)CC2CCCC(CCC2)C1. The Kier molecular flexibility index (Phi) is 5.59. The number of aryl methyl sites for hydroxylation is 2. The molecule has 2 aromatic carbocycles. The van der Waals surface area contributed by atoms with Crippen LogP contribution in [-0.2, 0) is 7.05 Å². The summed E-state index contributed by atoms with van der Waals surface area (Å²) in [6, 6.07) is 22.0. The number of aromatic nitrogens is 1. The van der Waals surface area contributed by atoms with Gasteiger partial charge < -0.3 is 0 Å². The predicted octanol–water partition coefficient (Wildman–Crippen LogP) is 7.62. The molecule has 1 nitrogen and oxygen atoms in total. The van der Waals surface area contributed by atoms with E-state index >= 15 is 0 Å². The summed E-state index contributed by atoms with van der Waals surface area (Å²) in [6.07, 6.45) is 12.4. The molecule has 0 atom stereocenters. The smallest absolute Gasteiger partial charge is 0.200 e. The molecule has 0 saturated heterocycles. The molecular weight excluding hydrogens is 374 g/mol. The van der Waals surface area contributed by atoms with Crippen LogP contribution in [0.4, 0.5) is 0 Å². The van der Waals surface area contributed by atoms with E-state index in [1.807, 2.05) is 0 Å². The lowest BCUT2D eigenvalue weighted by molar-refractivity contribution is -0.659. The molecule has 6 rings (SSSR count). The summed E-state index contributed by atoms with van der Waals surface area (Å²) < 4.78 is 11.8. The van der Waals surface area contributed by atoms with Crippen LogP contribution in [0.3, 0.4) is 0 Å². The number of rotatable bonds is 3. The molecule has 0 unspecified atom stereocenters. The molecule has 3 aliphatic carbocycles. The standard InChI is InChI=1S/C30H36N/c1-22-8-3-4-15-29(22)30-17-16-27(21-31(30)2)25-13-7-14-26(20-25)28-18-23-9-5-10-24(19-28)12-6-11-23/h3-4,7-8,13-17,20-21,23-24,28H,5-6,9-12,18-19H2,1-2H3/q+1/i28D. The summed E-state index contributed by atoms with van der Waals surface area (Å²) in [5.74, 6) is 1.02. The van der Waals surface area contributed by atoms with Crippen molar-refractivity contribution in [2.45, 2.75) is 64.2 Å². The second kappa shape index (κ2) is 8.99. The van der Waals surface area contributed by atoms with Gasteiger partial charge in [0.25, 0.3) is 0 Å². The third kappa shape index (κ3) is 4.47. The maximum atomic E-state index is 9.56. The Morgan fingerprint density at radius 2 is 1.52 bits per heavy atom. The highest BCUT2D eigenvalue weighted by Gasteiger charge is 2.28. The molecule has 0 spiro atoms. The third-order valence-electron chi connectivity index (χ3n) is 7.68. The second-order valence-corrected chi connectivity index (χ2v) is 9.92. The molecule has 3 fully saturated rings. The van der Waals surface area contributed by atoms with Gasteiger partial charge in [0.15, 0.2) is 6.20 Å². The van der Waals surface area contributed by atoms with Crippen LogP contribution in [0.15, 0.2) is 66.9 Å². The number of hydrogen-bond acceptors (Lipinski definition) is 0. The van der Waals surface area contributed by atoms with Crippen LogP contribution in [0.1, 0.15) is 69.8 Å². The zero-order chi connectivity index (χ0) is 22.1. The van der Waals surface area contributed by atoms with Gasteiger partial charge >= 0.3 is 0 Å². The summed E-state index contributed by atoms with van der Waals surface area (Å²) in [6.45, 7) is 2.17. The van der Waals surface area contributed by atoms with Crippen LogP contribution < -0.4 is 4.57 Å². The van der Waals surface area contributed by atoms with E-state index in [0.29, 0.717) is 0 Å². The first-order chi connectivity index (χ1) is 15.5. The Bertz CT molecular complexity index is 1080. The molecule has 1 aromatic heterocycles. The van der Waals surface area contributed by atoms with Gasteiger partial charge in [-0.1, -0.05) is 81.0 Å².